The maximum Gasteiger partial charge on any atom is 0.0144 e. The molecule has 1 aliphatic heterocycles. The van der Waals surface area contributed by atoms with Gasteiger partial charge in [-0.05, 0) is 45.5 Å². The zero-order valence-corrected chi connectivity index (χ0v) is 12.1. The number of nitrogens with zero attached hydrogens (tertiary/aromatic N) is 1. The van der Waals surface area contributed by atoms with Crippen molar-refractivity contribution in [3.8, 4) is 0 Å². The van der Waals surface area contributed by atoms with Crippen molar-refractivity contribution in [3.05, 3.63) is 0 Å². The molecule has 1 fully saturated rings. The fourth-order valence-corrected chi connectivity index (χ4v) is 2.77. The normalized spacial score (nSPS) is 29.2. The molecule has 0 aliphatic carbocycles. The summed E-state index contributed by atoms with van der Waals surface area (Å²) in [5, 5.41) is 4.42. The van der Waals surface area contributed by atoms with Crippen molar-refractivity contribution in [3.63, 3.8) is 0 Å². The zero-order chi connectivity index (χ0) is 12.0. The Hall–Kier alpha value is 0.270. The van der Waals surface area contributed by atoms with Crippen LogP contribution in [0.2, 0.25) is 0 Å². The quantitative estimate of drug-likeness (QED) is 0.773. The van der Waals surface area contributed by atoms with Gasteiger partial charge in [0, 0.05) is 23.9 Å². The van der Waals surface area contributed by atoms with E-state index in [4.69, 9.17) is 0 Å². The van der Waals surface area contributed by atoms with Crippen molar-refractivity contribution in [1.82, 2.24) is 10.2 Å². The van der Waals surface area contributed by atoms with Crippen molar-refractivity contribution in [1.29, 1.82) is 0 Å². The van der Waals surface area contributed by atoms with Crippen LogP contribution in [0.3, 0.4) is 0 Å². The van der Waals surface area contributed by atoms with E-state index in [0.717, 1.165) is 17.3 Å². The van der Waals surface area contributed by atoms with Gasteiger partial charge in [-0.2, -0.15) is 11.8 Å². The second kappa shape index (κ2) is 7.57. The molecule has 0 saturated carbocycles. The van der Waals surface area contributed by atoms with Crippen molar-refractivity contribution >= 4 is 11.8 Å². The predicted octanol–water partition coefficient (Wildman–Crippen LogP) is 2.59. The summed E-state index contributed by atoms with van der Waals surface area (Å²) in [6, 6.07) is 1.51. The molecular weight excluding hydrogens is 216 g/mol. The molecule has 2 nitrogen and oxygen atoms in total. The topological polar surface area (TPSA) is 15.3 Å². The fourth-order valence-electron chi connectivity index (χ4n) is 2.43. The lowest BCUT2D eigenvalue weighted by molar-refractivity contribution is 0.138. The van der Waals surface area contributed by atoms with Gasteiger partial charge >= 0.3 is 0 Å². The third kappa shape index (κ3) is 4.64. The number of piperidine rings is 1. The molecule has 16 heavy (non-hydrogen) atoms. The number of nitrogens with one attached hydrogen (secondary N) is 1. The molecule has 0 aromatic carbocycles. The second-order valence-corrected chi connectivity index (χ2v) is 6.34. The smallest absolute Gasteiger partial charge is 0.0144 e. The molecule has 0 radical (unpaired) electrons. The molecule has 0 aromatic heterocycles. The Morgan fingerprint density at radius 1 is 1.50 bits per heavy atom. The van der Waals surface area contributed by atoms with E-state index in [0.29, 0.717) is 0 Å². The molecule has 3 unspecified atom stereocenters. The first-order valence-corrected chi connectivity index (χ1v) is 7.96. The highest BCUT2D eigenvalue weighted by atomic mass is 32.2. The van der Waals surface area contributed by atoms with Gasteiger partial charge < -0.3 is 5.32 Å². The minimum absolute atomic E-state index is 0.748. The number of likely N-dealkylation sites (tertiary alicyclic amines) is 1. The van der Waals surface area contributed by atoms with Crippen molar-refractivity contribution in [2.75, 3.05) is 25.9 Å². The van der Waals surface area contributed by atoms with Gasteiger partial charge in [-0.25, -0.2) is 0 Å². The van der Waals surface area contributed by atoms with E-state index in [9.17, 15) is 0 Å². The Labute approximate surface area is 106 Å². The third-order valence-electron chi connectivity index (χ3n) is 3.59. The highest BCUT2D eigenvalue weighted by Crippen LogP contribution is 2.19. The first kappa shape index (κ1) is 14.3. The molecule has 3 atom stereocenters. The van der Waals surface area contributed by atoms with Crippen molar-refractivity contribution < 1.29 is 0 Å². The van der Waals surface area contributed by atoms with Gasteiger partial charge in [-0.15, -0.1) is 0 Å². The van der Waals surface area contributed by atoms with Crippen LogP contribution in [0.15, 0.2) is 0 Å². The van der Waals surface area contributed by atoms with E-state index in [1.54, 1.807) is 0 Å². The van der Waals surface area contributed by atoms with Crippen molar-refractivity contribution in [2.24, 2.45) is 0 Å². The number of thioether (sulfide) groups is 1. The first-order valence-electron chi connectivity index (χ1n) is 6.67. The summed E-state index contributed by atoms with van der Waals surface area (Å²) in [5.41, 5.74) is 0. The van der Waals surface area contributed by atoms with Crippen LogP contribution in [0.4, 0.5) is 0 Å². The summed E-state index contributed by atoms with van der Waals surface area (Å²) in [7, 11) is 0. The summed E-state index contributed by atoms with van der Waals surface area (Å²) in [4.78, 5) is 2.66. The van der Waals surface area contributed by atoms with Crippen LogP contribution in [0.5, 0.6) is 0 Å². The summed E-state index contributed by atoms with van der Waals surface area (Å²) in [6.07, 6.45) is 6.11. The van der Waals surface area contributed by atoms with Gasteiger partial charge in [0.25, 0.3) is 0 Å². The van der Waals surface area contributed by atoms with E-state index in [2.05, 4.69) is 37.2 Å². The Morgan fingerprint density at radius 3 is 2.81 bits per heavy atom. The van der Waals surface area contributed by atoms with Gasteiger partial charge in [0.15, 0.2) is 0 Å². The Morgan fingerprint density at radius 2 is 2.25 bits per heavy atom. The van der Waals surface area contributed by atoms with Crippen LogP contribution >= 0.6 is 11.8 Å². The minimum Gasteiger partial charge on any atom is -0.314 e. The molecular formula is C13H28N2S. The van der Waals surface area contributed by atoms with Gasteiger partial charge in [0.1, 0.15) is 0 Å². The molecule has 96 valence electrons. The maximum absolute atomic E-state index is 3.66. The number of hydrogen-bond acceptors (Lipinski definition) is 3. The molecule has 0 aromatic rings. The molecule has 1 saturated heterocycles. The van der Waals surface area contributed by atoms with Gasteiger partial charge in [0.2, 0.25) is 0 Å². The summed E-state index contributed by atoms with van der Waals surface area (Å²) >= 11 is 1.98. The predicted molar refractivity (Wildman–Crippen MR) is 75.3 cm³/mol. The molecule has 3 heteroatoms. The third-order valence-corrected chi connectivity index (χ3v) is 4.54. The van der Waals surface area contributed by atoms with E-state index in [-0.39, 0.29) is 0 Å². The molecule has 1 rings (SSSR count). The highest BCUT2D eigenvalue weighted by Gasteiger charge is 2.25. The van der Waals surface area contributed by atoms with Crippen molar-refractivity contribution in [2.45, 2.75) is 57.4 Å². The molecule has 1 aliphatic rings. The largest absolute Gasteiger partial charge is 0.314 e. The molecule has 1 N–H and O–H groups in total. The summed E-state index contributed by atoms with van der Waals surface area (Å²) in [5.74, 6) is 0. The van der Waals surface area contributed by atoms with E-state index >= 15 is 0 Å². The van der Waals surface area contributed by atoms with Gasteiger partial charge in [0.05, 0.1) is 0 Å². The second-order valence-electron chi connectivity index (χ2n) is 5.07. The first-order chi connectivity index (χ1) is 7.67. The lowest BCUT2D eigenvalue weighted by atomic mass is 9.98. The highest BCUT2D eigenvalue weighted by molar-refractivity contribution is 7.99. The Bertz CT molecular complexity index is 187. The zero-order valence-electron chi connectivity index (χ0n) is 11.3. The number of rotatable bonds is 6. The van der Waals surface area contributed by atoms with Crippen LogP contribution in [0.25, 0.3) is 0 Å². The van der Waals surface area contributed by atoms with Crippen LogP contribution in [0, 0.1) is 0 Å². The average Bonchev–Trinajstić information content (AvgIpc) is 2.29. The average molecular weight is 244 g/mol. The van der Waals surface area contributed by atoms with E-state index in [1.807, 2.05) is 11.8 Å². The summed E-state index contributed by atoms with van der Waals surface area (Å²) in [6.45, 7) is 10.7. The minimum atomic E-state index is 0.748. The van der Waals surface area contributed by atoms with Crippen LogP contribution in [0.1, 0.15) is 40.0 Å². The molecule has 0 amide bonds. The van der Waals surface area contributed by atoms with E-state index in [1.165, 1.54) is 38.9 Å². The van der Waals surface area contributed by atoms with E-state index < -0.39 is 0 Å². The maximum atomic E-state index is 3.66. The monoisotopic (exact) mass is 244 g/mol. The Kier molecular flexibility index (Phi) is 6.78. The fraction of sp³-hybridized carbons (Fsp3) is 1.00. The van der Waals surface area contributed by atoms with Crippen LogP contribution < -0.4 is 5.32 Å². The van der Waals surface area contributed by atoms with Gasteiger partial charge in [-0.1, -0.05) is 13.8 Å². The standard InChI is InChI=1S/C13H28N2S/c1-5-7-14-13-6-8-15(11(2)9-13)10-12(3)16-4/h11-14H,5-10H2,1-4H3. The van der Waals surface area contributed by atoms with Crippen LogP contribution in [-0.4, -0.2) is 48.1 Å². The molecule has 0 spiro atoms. The van der Waals surface area contributed by atoms with Crippen LogP contribution in [-0.2, 0) is 0 Å². The SMILES string of the molecule is CCCNC1CCN(CC(C)SC)C(C)C1. The molecule has 1 heterocycles. The number of hydrogen-bond donors (Lipinski definition) is 1. The lowest BCUT2D eigenvalue weighted by Gasteiger charge is -2.39. The Balaban J connectivity index is 2.28. The molecule has 0 bridgehead atoms. The lowest BCUT2D eigenvalue weighted by Crippen LogP contribution is -2.49. The van der Waals surface area contributed by atoms with Gasteiger partial charge in [-0.3, -0.25) is 4.90 Å². The summed E-state index contributed by atoms with van der Waals surface area (Å²) < 4.78 is 0.